The van der Waals surface area contributed by atoms with Crippen LogP contribution in [0, 0.1) is 5.82 Å². The van der Waals surface area contributed by atoms with Gasteiger partial charge in [0.1, 0.15) is 5.75 Å². The molecule has 2 nitrogen and oxygen atoms in total. The molecule has 0 aliphatic heterocycles. The zero-order valence-corrected chi connectivity index (χ0v) is 11.1. The van der Waals surface area contributed by atoms with Crippen molar-refractivity contribution in [3.8, 4) is 11.5 Å². The molecule has 0 aromatic heterocycles. The molecule has 0 fully saturated rings. The highest BCUT2D eigenvalue weighted by molar-refractivity contribution is 5.43. The van der Waals surface area contributed by atoms with Gasteiger partial charge >= 0.3 is 0 Å². The molecule has 1 atom stereocenters. The Morgan fingerprint density at radius 2 is 1.89 bits per heavy atom. The van der Waals surface area contributed by atoms with Gasteiger partial charge in [-0.15, -0.1) is 0 Å². The van der Waals surface area contributed by atoms with E-state index in [1.807, 2.05) is 25.1 Å². The van der Waals surface area contributed by atoms with E-state index in [1.54, 1.807) is 25.1 Å². The largest absolute Gasteiger partial charge is 0.454 e. The van der Waals surface area contributed by atoms with Gasteiger partial charge in [-0.3, -0.25) is 0 Å². The molecule has 1 N–H and O–H groups in total. The number of para-hydroxylation sites is 2. The van der Waals surface area contributed by atoms with Crippen molar-refractivity contribution < 1.29 is 14.2 Å². The van der Waals surface area contributed by atoms with Gasteiger partial charge in [-0.05, 0) is 31.0 Å². The maximum atomic E-state index is 13.9. The summed E-state index contributed by atoms with van der Waals surface area (Å²) in [7, 11) is 0. The number of aryl methyl sites for hydroxylation is 1. The second-order valence-electron chi connectivity index (χ2n) is 4.40. The summed E-state index contributed by atoms with van der Waals surface area (Å²) in [6.45, 7) is 3.60. The zero-order chi connectivity index (χ0) is 13.8. The zero-order valence-electron chi connectivity index (χ0n) is 11.1. The molecule has 0 saturated carbocycles. The lowest BCUT2D eigenvalue weighted by Gasteiger charge is -2.15. The number of aliphatic hydroxyl groups excluding tert-OH is 1. The van der Waals surface area contributed by atoms with Crippen molar-refractivity contribution in [2.75, 3.05) is 0 Å². The number of ether oxygens (including phenoxy) is 1. The molecule has 2 aromatic rings. The van der Waals surface area contributed by atoms with E-state index < -0.39 is 11.9 Å². The van der Waals surface area contributed by atoms with Gasteiger partial charge in [0.15, 0.2) is 11.6 Å². The van der Waals surface area contributed by atoms with Crippen LogP contribution in [0.2, 0.25) is 0 Å². The number of halogens is 1. The molecule has 1 unspecified atom stereocenters. The Labute approximate surface area is 112 Å². The molecule has 2 aromatic carbocycles. The van der Waals surface area contributed by atoms with E-state index in [1.165, 1.54) is 6.07 Å². The molecule has 0 amide bonds. The van der Waals surface area contributed by atoms with Gasteiger partial charge in [-0.25, -0.2) is 4.39 Å². The highest BCUT2D eigenvalue weighted by Crippen LogP contribution is 2.33. The minimum absolute atomic E-state index is 0.0957. The fraction of sp³-hybridized carbons (Fsp3) is 0.250. The number of aliphatic hydroxyl groups is 1. The second kappa shape index (κ2) is 5.85. The maximum Gasteiger partial charge on any atom is 0.168 e. The number of hydrogen-bond donors (Lipinski definition) is 1. The quantitative estimate of drug-likeness (QED) is 0.891. The smallest absolute Gasteiger partial charge is 0.168 e. The Morgan fingerprint density at radius 3 is 2.58 bits per heavy atom. The summed E-state index contributed by atoms with van der Waals surface area (Å²) in [4.78, 5) is 0. The summed E-state index contributed by atoms with van der Waals surface area (Å²) >= 11 is 0. The van der Waals surface area contributed by atoms with E-state index in [-0.39, 0.29) is 5.75 Å². The van der Waals surface area contributed by atoms with Gasteiger partial charge in [0.25, 0.3) is 0 Å². The second-order valence-corrected chi connectivity index (χ2v) is 4.40. The topological polar surface area (TPSA) is 29.5 Å². The molecule has 0 saturated heterocycles. The predicted octanol–water partition coefficient (Wildman–Crippen LogP) is 4.23. The van der Waals surface area contributed by atoms with Crippen molar-refractivity contribution in [1.82, 2.24) is 0 Å². The third-order valence-corrected chi connectivity index (χ3v) is 3.01. The Kier molecular flexibility index (Phi) is 4.17. The number of rotatable bonds is 4. The lowest BCUT2D eigenvalue weighted by molar-refractivity contribution is 0.194. The van der Waals surface area contributed by atoms with Crippen LogP contribution in [0.1, 0.15) is 31.1 Å². The van der Waals surface area contributed by atoms with Gasteiger partial charge in [-0.2, -0.15) is 0 Å². The summed E-state index contributed by atoms with van der Waals surface area (Å²) in [6.07, 6.45) is 0.0220. The molecule has 0 aliphatic rings. The average molecular weight is 260 g/mol. The van der Waals surface area contributed by atoms with Crippen LogP contribution in [0.25, 0.3) is 0 Å². The summed E-state index contributed by atoms with van der Waals surface area (Å²) in [5.74, 6) is 0.250. The predicted molar refractivity (Wildman–Crippen MR) is 72.9 cm³/mol. The highest BCUT2D eigenvalue weighted by atomic mass is 19.1. The lowest BCUT2D eigenvalue weighted by atomic mass is 10.1. The standard InChI is InChI=1S/C16H17FO2/c1-3-12-7-4-5-10-15(12)19-16-13(11(2)18)8-6-9-14(16)17/h4-11,18H,3H2,1-2H3. The third kappa shape index (κ3) is 2.93. The fourth-order valence-corrected chi connectivity index (χ4v) is 1.97. The van der Waals surface area contributed by atoms with Crippen LogP contribution in [0.5, 0.6) is 11.5 Å². The van der Waals surface area contributed by atoms with Crippen LogP contribution >= 0.6 is 0 Å². The molecule has 2 rings (SSSR count). The van der Waals surface area contributed by atoms with Crippen LogP contribution in [-0.4, -0.2) is 5.11 Å². The summed E-state index contributed by atoms with van der Waals surface area (Å²) < 4.78 is 19.6. The molecule has 0 spiro atoms. The third-order valence-electron chi connectivity index (χ3n) is 3.01. The Bertz CT molecular complexity index is 564. The van der Waals surface area contributed by atoms with E-state index in [0.717, 1.165) is 12.0 Å². The molecular weight excluding hydrogens is 243 g/mol. The minimum atomic E-state index is -0.778. The molecule has 0 radical (unpaired) electrons. The summed E-state index contributed by atoms with van der Waals surface area (Å²) in [5, 5.41) is 9.69. The highest BCUT2D eigenvalue weighted by Gasteiger charge is 2.15. The first-order valence-corrected chi connectivity index (χ1v) is 6.35. The Morgan fingerprint density at radius 1 is 1.16 bits per heavy atom. The first-order chi connectivity index (χ1) is 9.13. The SMILES string of the molecule is CCc1ccccc1Oc1c(F)cccc1C(C)O. The van der Waals surface area contributed by atoms with Gasteiger partial charge in [-0.1, -0.05) is 37.3 Å². The van der Waals surface area contributed by atoms with Crippen LogP contribution in [0.4, 0.5) is 4.39 Å². The average Bonchev–Trinajstić information content (AvgIpc) is 2.41. The number of benzene rings is 2. The van der Waals surface area contributed by atoms with E-state index in [4.69, 9.17) is 4.74 Å². The normalized spacial score (nSPS) is 12.2. The fourth-order valence-electron chi connectivity index (χ4n) is 1.97. The monoisotopic (exact) mass is 260 g/mol. The Hall–Kier alpha value is -1.87. The van der Waals surface area contributed by atoms with Crippen molar-refractivity contribution in [2.24, 2.45) is 0 Å². The summed E-state index contributed by atoms with van der Waals surface area (Å²) in [6, 6.07) is 12.1. The van der Waals surface area contributed by atoms with E-state index in [2.05, 4.69) is 0 Å². The van der Waals surface area contributed by atoms with Crippen LogP contribution < -0.4 is 4.74 Å². The molecule has 19 heavy (non-hydrogen) atoms. The number of hydrogen-bond acceptors (Lipinski definition) is 2. The van der Waals surface area contributed by atoms with Crippen molar-refractivity contribution in [1.29, 1.82) is 0 Å². The van der Waals surface area contributed by atoms with Gasteiger partial charge in [0.2, 0.25) is 0 Å². The first-order valence-electron chi connectivity index (χ1n) is 6.35. The molecule has 3 heteroatoms. The lowest BCUT2D eigenvalue weighted by Crippen LogP contribution is -2.00. The van der Waals surface area contributed by atoms with Crippen LogP contribution in [0.3, 0.4) is 0 Å². The van der Waals surface area contributed by atoms with Gasteiger partial charge in [0.05, 0.1) is 6.10 Å². The van der Waals surface area contributed by atoms with Crippen molar-refractivity contribution >= 4 is 0 Å². The minimum Gasteiger partial charge on any atom is -0.454 e. The van der Waals surface area contributed by atoms with E-state index >= 15 is 0 Å². The van der Waals surface area contributed by atoms with Gasteiger partial charge < -0.3 is 9.84 Å². The maximum absolute atomic E-state index is 13.9. The van der Waals surface area contributed by atoms with Crippen molar-refractivity contribution in [3.63, 3.8) is 0 Å². The molecule has 100 valence electrons. The first kappa shape index (κ1) is 13.6. The van der Waals surface area contributed by atoms with Crippen molar-refractivity contribution in [3.05, 3.63) is 59.4 Å². The van der Waals surface area contributed by atoms with E-state index in [0.29, 0.717) is 11.3 Å². The summed E-state index contributed by atoms with van der Waals surface area (Å²) in [5.41, 5.74) is 1.45. The molecule has 0 heterocycles. The van der Waals surface area contributed by atoms with Crippen molar-refractivity contribution in [2.45, 2.75) is 26.4 Å². The molecular formula is C16H17FO2. The van der Waals surface area contributed by atoms with Crippen LogP contribution in [0.15, 0.2) is 42.5 Å². The van der Waals surface area contributed by atoms with E-state index in [9.17, 15) is 9.50 Å². The molecule has 0 aliphatic carbocycles. The van der Waals surface area contributed by atoms with Gasteiger partial charge in [0, 0.05) is 5.56 Å². The van der Waals surface area contributed by atoms with Crippen LogP contribution in [-0.2, 0) is 6.42 Å². The Balaban J connectivity index is 2.43. The molecule has 0 bridgehead atoms.